The second kappa shape index (κ2) is 30.6. The zero-order chi connectivity index (χ0) is 82.4. The predicted molar refractivity (Wildman–Crippen MR) is 513 cm³/mol. The van der Waals surface area contributed by atoms with E-state index in [1.54, 1.807) is 12.1 Å². The number of rotatable bonds is 16. The Morgan fingerprint density at radius 1 is 0.231 bits per heavy atom. The van der Waals surface area contributed by atoms with E-state index in [1.807, 2.05) is 48.5 Å². The van der Waals surface area contributed by atoms with Crippen molar-refractivity contribution in [3.05, 3.63) is 399 Å². The Kier molecular flexibility index (Phi) is 19.1. The number of anilines is 12. The first-order valence-electron chi connectivity index (χ1n) is 41.7. The summed E-state index contributed by atoms with van der Waals surface area (Å²) in [5.74, 6) is 2.98. The zero-order valence-corrected chi connectivity index (χ0v) is 70.8. The lowest BCUT2D eigenvalue weighted by Crippen LogP contribution is -2.37. The van der Waals surface area contributed by atoms with Gasteiger partial charge in [-0.1, -0.05) is 239 Å². The van der Waals surface area contributed by atoms with Crippen LogP contribution < -0.4 is 39.4 Å². The molecule has 0 atom stereocenters. The number of para-hydroxylation sites is 4. The molecule has 0 aliphatic carbocycles. The van der Waals surface area contributed by atoms with Crippen molar-refractivity contribution in [1.82, 2.24) is 0 Å². The van der Waals surface area contributed by atoms with Gasteiger partial charge in [-0.15, -0.1) is 0 Å². The number of nitrogens with zero attached hydrogens (tertiary/aromatic N) is 4. The lowest BCUT2D eigenvalue weighted by Gasteiger charge is -2.30. The fourth-order valence-corrected chi connectivity index (χ4v) is 20.2. The first kappa shape index (κ1) is 75.6. The van der Waals surface area contributed by atoms with Gasteiger partial charge < -0.3 is 29.1 Å². The monoisotopic (exact) mass is 1600 g/mol. The molecule has 0 bridgehead atoms. The van der Waals surface area contributed by atoms with Crippen LogP contribution in [0, 0.1) is 11.6 Å². The summed E-state index contributed by atoms with van der Waals surface area (Å²) in [6.07, 6.45) is 0. The quantitative estimate of drug-likeness (QED) is 0.0708. The SMILES string of the molecule is CC(C)c1cc2c3c(cc4c5ccccc5c(N(c5ccccc5)c5ccc(F)cc5)cc4c3c1)-c1ccc(N(c3ccccc3)c3ccc(F)cc3)cc1O2.C[Si](C)(C)c1ccc(N(c2ccccc2)c2ccc3c(c2)Oc2cccc4c2c-3cc2c3cc(-c5ccccc5)ccc3c(N(c3ccccc3)c3ccc([Si](C)(C)C)cc3)cc42)cc1. The molecule has 0 amide bonds. The van der Waals surface area contributed by atoms with Gasteiger partial charge in [0.05, 0.1) is 27.5 Å². The Hall–Kier alpha value is -14.2. The summed E-state index contributed by atoms with van der Waals surface area (Å²) in [5.41, 5.74) is 20.2. The summed E-state index contributed by atoms with van der Waals surface area (Å²) < 4.78 is 42.4. The van der Waals surface area contributed by atoms with E-state index in [0.717, 1.165) is 146 Å². The largest absolute Gasteiger partial charge is 0.456 e. The fourth-order valence-electron chi connectivity index (χ4n) is 17.9. The summed E-state index contributed by atoms with van der Waals surface area (Å²) in [6.45, 7) is 18.9. The first-order valence-corrected chi connectivity index (χ1v) is 48.7. The lowest BCUT2D eigenvalue weighted by atomic mass is 9.86. The highest BCUT2D eigenvalue weighted by Crippen LogP contribution is 2.57. The third-order valence-corrected chi connectivity index (χ3v) is 28.1. The van der Waals surface area contributed by atoms with Crippen LogP contribution in [0.15, 0.2) is 382 Å². The Morgan fingerprint density at radius 3 is 1.06 bits per heavy atom. The zero-order valence-electron chi connectivity index (χ0n) is 68.8. The lowest BCUT2D eigenvalue weighted by molar-refractivity contribution is 0.486. The summed E-state index contributed by atoms with van der Waals surface area (Å²) in [6, 6.07) is 134. The number of fused-ring (bicyclic) bond motifs is 12. The van der Waals surface area contributed by atoms with Crippen molar-refractivity contribution in [3.8, 4) is 56.4 Å². The van der Waals surface area contributed by atoms with Crippen LogP contribution in [0.25, 0.3) is 98.0 Å². The first-order chi connectivity index (χ1) is 58.9. The second-order valence-corrected chi connectivity index (χ2v) is 44.2. The minimum atomic E-state index is -1.51. The average Bonchev–Trinajstić information content (AvgIpc) is 0.712. The average molecular weight is 1600 g/mol. The molecule has 0 fully saturated rings. The minimum absolute atomic E-state index is 0.248. The molecule has 6 nitrogen and oxygen atoms in total. The maximum atomic E-state index is 14.3. The van der Waals surface area contributed by atoms with Crippen molar-refractivity contribution in [2.75, 3.05) is 19.6 Å². The maximum absolute atomic E-state index is 14.3. The van der Waals surface area contributed by atoms with Crippen LogP contribution in [0.4, 0.5) is 77.0 Å². The molecule has 2 aliphatic rings. The molecular weight excluding hydrogens is 1520 g/mol. The van der Waals surface area contributed by atoms with E-state index >= 15 is 0 Å². The van der Waals surface area contributed by atoms with Crippen LogP contribution in [-0.4, -0.2) is 16.1 Å². The molecule has 0 aromatic heterocycles. The summed E-state index contributed by atoms with van der Waals surface area (Å²) in [4.78, 5) is 9.12. The molecule has 2 aliphatic heterocycles. The number of hydrogen-bond acceptors (Lipinski definition) is 6. The van der Waals surface area contributed by atoms with Crippen LogP contribution in [-0.2, 0) is 0 Å². The number of ether oxygens (including phenoxy) is 2. The van der Waals surface area contributed by atoms with E-state index in [-0.39, 0.29) is 17.6 Å². The fraction of sp³-hybridized carbons (Fsp3) is 0.0811. The Labute approximate surface area is 707 Å². The van der Waals surface area contributed by atoms with Gasteiger partial charge in [-0.05, 0) is 271 Å². The highest BCUT2D eigenvalue weighted by Gasteiger charge is 2.31. The van der Waals surface area contributed by atoms with E-state index < -0.39 is 16.1 Å². The van der Waals surface area contributed by atoms with E-state index in [1.165, 1.54) is 83.8 Å². The van der Waals surface area contributed by atoms with Crippen molar-refractivity contribution < 1.29 is 18.3 Å². The molecule has 0 saturated carbocycles. The van der Waals surface area contributed by atoms with Crippen molar-refractivity contribution in [1.29, 1.82) is 0 Å². The molecule has 0 radical (unpaired) electrons. The number of hydrogen-bond donors (Lipinski definition) is 0. The maximum Gasteiger partial charge on any atom is 0.137 e. The van der Waals surface area contributed by atoms with E-state index in [9.17, 15) is 8.78 Å². The number of halogens is 2. The van der Waals surface area contributed by atoms with Crippen LogP contribution in [0.1, 0.15) is 25.3 Å². The van der Waals surface area contributed by atoms with E-state index in [0.29, 0.717) is 0 Å². The molecule has 0 spiro atoms. The van der Waals surface area contributed by atoms with Gasteiger partial charge in [0.25, 0.3) is 0 Å². The molecule has 10 heteroatoms. The van der Waals surface area contributed by atoms with Gasteiger partial charge in [-0.2, -0.15) is 0 Å². The van der Waals surface area contributed by atoms with E-state index in [2.05, 4.69) is 370 Å². The van der Waals surface area contributed by atoms with E-state index in [4.69, 9.17) is 9.47 Å². The van der Waals surface area contributed by atoms with Crippen LogP contribution in [0.3, 0.4) is 0 Å². The molecule has 121 heavy (non-hydrogen) atoms. The minimum Gasteiger partial charge on any atom is -0.456 e. The van der Waals surface area contributed by atoms with Crippen molar-refractivity contribution in [3.63, 3.8) is 0 Å². The molecule has 0 N–H and O–H groups in total. The molecule has 0 unspecified atom stereocenters. The van der Waals surface area contributed by atoms with Gasteiger partial charge in [0, 0.05) is 102 Å². The second-order valence-electron chi connectivity index (χ2n) is 34.1. The molecule has 2 heterocycles. The smallest absolute Gasteiger partial charge is 0.137 e. The van der Waals surface area contributed by atoms with Gasteiger partial charge >= 0.3 is 0 Å². The Balaban J connectivity index is 0.000000156. The topological polar surface area (TPSA) is 31.4 Å². The van der Waals surface area contributed by atoms with Crippen LogP contribution >= 0.6 is 0 Å². The van der Waals surface area contributed by atoms with Crippen molar-refractivity contribution in [2.24, 2.45) is 0 Å². The molecular formula is C111H88F2N4O2Si2. The summed E-state index contributed by atoms with van der Waals surface area (Å²) in [5, 5.41) is 16.6. The summed E-state index contributed by atoms with van der Waals surface area (Å²) >= 11 is 0. The standard InChI is InChI=1S/C60H52N2OSi2.C51H36F2N2O/c1-64(2,3)48-31-26-45(27-32-48)61(43-19-12-8-13-20-43)47-30-36-51-56-39-54-53-37-42(41-17-10-7-11-18-41)25-35-50(53)57(40-55(54)52-23-16-24-58(60(52)56)63-59(51)38-47)62(44-21-14-9-15-22-44)46-28-33-49(34-29-46)65(4,5)6;1-32(2)33-27-46-45-31-48(55(37-13-7-4-8-14-37)39-23-19-35(53)20-24-39)42-16-10-9-15-41(42)44(45)30-47-43-26-25-40(29-49(43)56-50(28-33)51(46)47)54(36-11-5-3-6-12-36)38-21-17-34(52)18-22-38/h7-40H,1-6H3;3-32H,1-2H3. The number of benzene rings is 19. The predicted octanol–water partition coefficient (Wildman–Crippen LogP) is 31.9. The van der Waals surface area contributed by atoms with Gasteiger partial charge in [0.15, 0.2) is 0 Å². The molecule has 0 saturated heterocycles. The van der Waals surface area contributed by atoms with Gasteiger partial charge in [0.1, 0.15) is 34.6 Å². The molecule has 19 aromatic carbocycles. The molecule has 19 aromatic rings. The van der Waals surface area contributed by atoms with Crippen molar-refractivity contribution in [2.45, 2.75) is 59.0 Å². The molecule has 21 rings (SSSR count). The van der Waals surface area contributed by atoms with Crippen LogP contribution in [0.2, 0.25) is 39.3 Å². The summed E-state index contributed by atoms with van der Waals surface area (Å²) in [7, 11) is -2.98. The Bertz CT molecular complexity index is 7190. The molecule has 586 valence electrons. The van der Waals surface area contributed by atoms with Gasteiger partial charge in [-0.25, -0.2) is 8.78 Å². The van der Waals surface area contributed by atoms with Gasteiger partial charge in [0.2, 0.25) is 0 Å². The normalized spacial score (nSPS) is 12.1. The Morgan fingerprint density at radius 2 is 0.587 bits per heavy atom. The highest BCUT2D eigenvalue weighted by atomic mass is 28.3. The third-order valence-electron chi connectivity index (χ3n) is 24.0. The van der Waals surface area contributed by atoms with Gasteiger partial charge in [-0.3, -0.25) is 0 Å². The van der Waals surface area contributed by atoms with Crippen LogP contribution in [0.5, 0.6) is 23.0 Å². The van der Waals surface area contributed by atoms with Crippen molar-refractivity contribution >= 4 is 159 Å². The highest BCUT2D eigenvalue weighted by molar-refractivity contribution is 6.89. The third kappa shape index (κ3) is 14.0.